The van der Waals surface area contributed by atoms with Crippen molar-refractivity contribution in [1.82, 2.24) is 14.6 Å². The molecule has 0 radical (unpaired) electrons. The monoisotopic (exact) mass is 531 g/mol. The number of piperidine rings is 1. The van der Waals surface area contributed by atoms with E-state index in [0.29, 0.717) is 49.2 Å². The van der Waals surface area contributed by atoms with Crippen molar-refractivity contribution < 1.29 is 27.9 Å². The van der Waals surface area contributed by atoms with Crippen LogP contribution in [0, 0.1) is 11.8 Å². The maximum absolute atomic E-state index is 13.5. The van der Waals surface area contributed by atoms with Crippen molar-refractivity contribution in [2.75, 3.05) is 26.2 Å². The lowest BCUT2D eigenvalue weighted by molar-refractivity contribution is -0.126. The Morgan fingerprint density at radius 3 is 2.62 bits per heavy atom. The van der Waals surface area contributed by atoms with Crippen LogP contribution in [0.3, 0.4) is 0 Å². The molecule has 37 heavy (non-hydrogen) atoms. The molecule has 0 bridgehead atoms. The molecule has 0 unspecified atom stereocenters. The number of aryl methyl sites for hydroxylation is 1. The molecular weight excluding hydrogens is 494 g/mol. The summed E-state index contributed by atoms with van der Waals surface area (Å²) in [6.07, 6.45) is 4.07. The van der Waals surface area contributed by atoms with E-state index in [1.165, 1.54) is 16.4 Å². The molecule has 10 heteroatoms. The first kappa shape index (κ1) is 27.5. The standard InChI is InChI=1S/C27H37N3O6S/c1-17(2)36-14-4-11-28-26(31)19-9-12-30(13-10-19)37(34,35)20-6-8-24-22(16-20)25(27(32)33)21-15-18(3)5-7-23(21)29-24/h6,8,16-19H,4-5,7,9-15H2,1-3H3,(H,28,31)(H,32,33)/t18-/m0/s1. The highest BCUT2D eigenvalue weighted by Gasteiger charge is 2.33. The molecule has 202 valence electrons. The number of amides is 1. The number of hydrogen-bond acceptors (Lipinski definition) is 6. The van der Waals surface area contributed by atoms with Gasteiger partial charge in [0.25, 0.3) is 0 Å². The Morgan fingerprint density at radius 1 is 1.22 bits per heavy atom. The van der Waals surface area contributed by atoms with Crippen LogP contribution in [0.2, 0.25) is 0 Å². The Labute approximate surface area is 218 Å². The first-order valence-corrected chi connectivity index (χ1v) is 14.6. The Balaban J connectivity index is 1.47. The van der Waals surface area contributed by atoms with Gasteiger partial charge in [0.1, 0.15) is 0 Å². The fourth-order valence-electron chi connectivity index (χ4n) is 5.25. The summed E-state index contributed by atoms with van der Waals surface area (Å²) in [6, 6.07) is 4.57. The van der Waals surface area contributed by atoms with Crippen LogP contribution in [-0.4, -0.2) is 67.0 Å². The molecule has 2 aromatic rings. The fourth-order valence-corrected chi connectivity index (χ4v) is 6.75. The van der Waals surface area contributed by atoms with Crippen molar-refractivity contribution in [2.24, 2.45) is 11.8 Å². The summed E-state index contributed by atoms with van der Waals surface area (Å²) >= 11 is 0. The van der Waals surface area contributed by atoms with E-state index >= 15 is 0 Å². The van der Waals surface area contributed by atoms with Crippen LogP contribution in [0.15, 0.2) is 23.1 Å². The number of aromatic nitrogens is 1. The maximum atomic E-state index is 13.5. The molecule has 1 aromatic heterocycles. The number of nitrogens with one attached hydrogen (secondary N) is 1. The number of carboxylic acid groups (broad SMARTS) is 1. The first-order valence-electron chi connectivity index (χ1n) is 13.2. The SMILES string of the molecule is CC(C)OCCCNC(=O)C1CCN(S(=O)(=O)c2ccc3nc4c(c(C(=O)O)c3c2)C[C@@H](C)CC4)CC1. The topological polar surface area (TPSA) is 126 Å². The second-order valence-electron chi connectivity index (χ2n) is 10.5. The summed E-state index contributed by atoms with van der Waals surface area (Å²) in [7, 11) is -3.85. The van der Waals surface area contributed by atoms with Gasteiger partial charge in [-0.05, 0) is 82.1 Å². The predicted molar refractivity (Wildman–Crippen MR) is 140 cm³/mol. The zero-order chi connectivity index (χ0) is 26.7. The number of sulfonamides is 1. The van der Waals surface area contributed by atoms with Crippen LogP contribution in [0.4, 0.5) is 0 Å². The number of nitrogens with zero attached hydrogens (tertiary/aromatic N) is 2. The third-order valence-electron chi connectivity index (χ3n) is 7.32. The fraction of sp³-hybridized carbons (Fsp3) is 0.593. The average Bonchev–Trinajstić information content (AvgIpc) is 2.86. The molecule has 9 nitrogen and oxygen atoms in total. The highest BCUT2D eigenvalue weighted by atomic mass is 32.2. The lowest BCUT2D eigenvalue weighted by Gasteiger charge is -2.30. The molecule has 1 fully saturated rings. The second kappa shape index (κ2) is 11.4. The predicted octanol–water partition coefficient (Wildman–Crippen LogP) is 3.39. The van der Waals surface area contributed by atoms with Crippen LogP contribution in [0.5, 0.6) is 0 Å². The summed E-state index contributed by atoms with van der Waals surface area (Å²) in [5, 5.41) is 13.3. The lowest BCUT2D eigenvalue weighted by Crippen LogP contribution is -2.43. The number of fused-ring (bicyclic) bond motifs is 2. The molecule has 2 aliphatic rings. The van der Waals surface area contributed by atoms with Gasteiger partial charge < -0.3 is 15.2 Å². The quantitative estimate of drug-likeness (QED) is 0.475. The summed E-state index contributed by atoms with van der Waals surface area (Å²) in [6.45, 7) is 7.61. The van der Waals surface area contributed by atoms with Gasteiger partial charge in [0.2, 0.25) is 15.9 Å². The molecule has 1 amide bonds. The minimum atomic E-state index is -3.85. The van der Waals surface area contributed by atoms with Crippen molar-refractivity contribution in [3.63, 3.8) is 0 Å². The number of ether oxygens (including phenoxy) is 1. The lowest BCUT2D eigenvalue weighted by atomic mass is 9.84. The van der Waals surface area contributed by atoms with Crippen LogP contribution >= 0.6 is 0 Å². The first-order chi connectivity index (χ1) is 17.6. The van der Waals surface area contributed by atoms with Gasteiger partial charge in [0.05, 0.1) is 22.1 Å². The Morgan fingerprint density at radius 2 is 1.95 bits per heavy atom. The van der Waals surface area contributed by atoms with Crippen molar-refractivity contribution >= 4 is 32.8 Å². The van der Waals surface area contributed by atoms with Gasteiger partial charge in [-0.15, -0.1) is 0 Å². The zero-order valence-electron chi connectivity index (χ0n) is 21.8. The maximum Gasteiger partial charge on any atom is 0.336 e. The third-order valence-corrected chi connectivity index (χ3v) is 9.21. The highest BCUT2D eigenvalue weighted by Crippen LogP contribution is 2.33. The van der Waals surface area contributed by atoms with Gasteiger partial charge in [0, 0.05) is 43.2 Å². The second-order valence-corrected chi connectivity index (χ2v) is 12.4. The largest absolute Gasteiger partial charge is 0.478 e. The van der Waals surface area contributed by atoms with Gasteiger partial charge in [-0.2, -0.15) is 4.31 Å². The normalized spacial score (nSPS) is 19.2. The molecule has 1 atom stereocenters. The Hall–Kier alpha value is -2.56. The molecule has 0 saturated carbocycles. The molecule has 4 rings (SSSR count). The van der Waals surface area contributed by atoms with E-state index in [9.17, 15) is 23.1 Å². The van der Waals surface area contributed by atoms with Crippen molar-refractivity contribution in [2.45, 2.75) is 70.3 Å². The van der Waals surface area contributed by atoms with E-state index in [1.54, 1.807) is 6.07 Å². The van der Waals surface area contributed by atoms with Crippen molar-refractivity contribution in [3.8, 4) is 0 Å². The minimum Gasteiger partial charge on any atom is -0.478 e. The van der Waals surface area contributed by atoms with E-state index in [0.717, 1.165) is 30.5 Å². The molecule has 1 saturated heterocycles. The summed E-state index contributed by atoms with van der Waals surface area (Å²) in [5.41, 5.74) is 2.18. The number of rotatable bonds is 9. The zero-order valence-corrected chi connectivity index (χ0v) is 22.6. The Kier molecular flexibility index (Phi) is 8.50. The van der Waals surface area contributed by atoms with E-state index in [2.05, 4.69) is 17.2 Å². The van der Waals surface area contributed by atoms with Gasteiger partial charge in [-0.3, -0.25) is 9.78 Å². The highest BCUT2D eigenvalue weighted by molar-refractivity contribution is 7.89. The molecule has 1 aliphatic carbocycles. The number of carboxylic acids is 1. The van der Waals surface area contributed by atoms with Crippen LogP contribution in [-0.2, 0) is 32.4 Å². The minimum absolute atomic E-state index is 0.0523. The number of carbonyl (C=O) groups excluding carboxylic acids is 1. The molecule has 1 aliphatic heterocycles. The van der Waals surface area contributed by atoms with E-state index < -0.39 is 16.0 Å². The van der Waals surface area contributed by atoms with Crippen LogP contribution < -0.4 is 5.32 Å². The molecule has 2 heterocycles. The van der Waals surface area contributed by atoms with E-state index in [-0.39, 0.29) is 41.5 Å². The number of pyridine rings is 1. The van der Waals surface area contributed by atoms with E-state index in [4.69, 9.17) is 4.74 Å². The van der Waals surface area contributed by atoms with Gasteiger partial charge in [-0.1, -0.05) is 6.92 Å². The molecule has 1 aromatic carbocycles. The van der Waals surface area contributed by atoms with Crippen molar-refractivity contribution in [1.29, 1.82) is 0 Å². The molecule has 2 N–H and O–H groups in total. The van der Waals surface area contributed by atoms with Gasteiger partial charge in [0.15, 0.2) is 0 Å². The van der Waals surface area contributed by atoms with Gasteiger partial charge in [-0.25, -0.2) is 13.2 Å². The average molecular weight is 532 g/mol. The van der Waals surface area contributed by atoms with Crippen molar-refractivity contribution in [3.05, 3.63) is 35.0 Å². The Bertz CT molecular complexity index is 1270. The molecular formula is C27H37N3O6S. The summed E-state index contributed by atoms with van der Waals surface area (Å²) < 4.78 is 33.8. The van der Waals surface area contributed by atoms with Crippen LogP contribution in [0.25, 0.3) is 10.9 Å². The number of benzene rings is 1. The number of carbonyl (C=O) groups is 2. The smallest absolute Gasteiger partial charge is 0.336 e. The number of aromatic carboxylic acids is 1. The number of hydrogen-bond donors (Lipinski definition) is 2. The summed E-state index contributed by atoms with van der Waals surface area (Å²) in [4.78, 5) is 29.5. The van der Waals surface area contributed by atoms with E-state index in [1.807, 2.05) is 13.8 Å². The molecule has 0 spiro atoms. The summed E-state index contributed by atoms with van der Waals surface area (Å²) in [5.74, 6) is -0.993. The van der Waals surface area contributed by atoms with Crippen LogP contribution in [0.1, 0.15) is 68.1 Å². The third kappa shape index (κ3) is 6.13. The van der Waals surface area contributed by atoms with Gasteiger partial charge >= 0.3 is 5.97 Å².